The topological polar surface area (TPSA) is 18.5 Å². The molecule has 0 saturated carbocycles. The van der Waals surface area contributed by atoms with Crippen molar-refractivity contribution in [3.8, 4) is 0 Å². The molecule has 19 heavy (non-hydrogen) atoms. The van der Waals surface area contributed by atoms with E-state index in [2.05, 4.69) is 12.6 Å². The molecular weight excluding hydrogens is 284 g/mol. The lowest BCUT2D eigenvalue weighted by atomic mass is 10.1. The number of alkyl halides is 4. The molecule has 0 spiro atoms. The zero-order valence-electron chi connectivity index (χ0n) is 11.9. The van der Waals surface area contributed by atoms with Crippen molar-refractivity contribution in [3.05, 3.63) is 0 Å². The Morgan fingerprint density at radius 1 is 0.895 bits per heavy atom. The number of hydrogen-bond donors (Lipinski definition) is 1. The molecular formula is C12H22F4O2S. The van der Waals surface area contributed by atoms with E-state index in [0.29, 0.717) is 13.0 Å². The van der Waals surface area contributed by atoms with Crippen molar-refractivity contribution in [1.82, 2.24) is 0 Å². The van der Waals surface area contributed by atoms with Crippen LogP contribution in [-0.4, -0.2) is 35.6 Å². The first-order valence-corrected chi connectivity index (χ1v) is 6.37. The van der Waals surface area contributed by atoms with Crippen molar-refractivity contribution in [2.45, 2.75) is 63.4 Å². The van der Waals surface area contributed by atoms with Gasteiger partial charge in [0.25, 0.3) is 0 Å². The van der Waals surface area contributed by atoms with Crippen LogP contribution in [0.2, 0.25) is 0 Å². The van der Waals surface area contributed by atoms with Gasteiger partial charge in [-0.2, -0.15) is 17.6 Å². The summed E-state index contributed by atoms with van der Waals surface area (Å²) in [5, 5.41) is -4.40. The van der Waals surface area contributed by atoms with Crippen LogP contribution in [0.4, 0.5) is 17.6 Å². The molecule has 0 aliphatic rings. The van der Waals surface area contributed by atoms with Gasteiger partial charge in [-0.15, -0.1) is 0 Å². The Morgan fingerprint density at radius 3 is 1.74 bits per heavy atom. The van der Waals surface area contributed by atoms with Crippen molar-refractivity contribution in [3.63, 3.8) is 0 Å². The first-order valence-electron chi connectivity index (χ1n) is 5.92. The Bertz CT molecular complexity index is 282. The normalized spacial score (nSPS) is 14.8. The first kappa shape index (κ1) is 19.0. The molecule has 0 bridgehead atoms. The lowest BCUT2D eigenvalue weighted by Crippen LogP contribution is -2.43. The summed E-state index contributed by atoms with van der Waals surface area (Å²) >= 11 is 2.59. The number of halogens is 4. The molecule has 0 heterocycles. The van der Waals surface area contributed by atoms with Crippen molar-refractivity contribution in [2.75, 3.05) is 13.2 Å². The number of hydrogen-bond acceptors (Lipinski definition) is 3. The van der Waals surface area contributed by atoms with Gasteiger partial charge in [-0.1, -0.05) is 12.6 Å². The quantitative estimate of drug-likeness (QED) is 0.563. The fourth-order valence-corrected chi connectivity index (χ4v) is 1.11. The minimum atomic E-state index is -4.40. The van der Waals surface area contributed by atoms with E-state index in [0.717, 1.165) is 0 Å². The van der Waals surface area contributed by atoms with Crippen molar-refractivity contribution in [1.29, 1.82) is 0 Å². The van der Waals surface area contributed by atoms with Gasteiger partial charge in [-0.05, 0) is 41.0 Å². The van der Waals surface area contributed by atoms with Crippen molar-refractivity contribution < 1.29 is 27.0 Å². The highest BCUT2D eigenvalue weighted by atomic mass is 32.1. The molecule has 0 saturated heterocycles. The van der Waals surface area contributed by atoms with Crippen LogP contribution in [0.15, 0.2) is 0 Å². The second kappa shape index (κ2) is 6.18. The molecule has 0 aromatic rings. The molecule has 0 radical (unpaired) electrons. The third-order valence-corrected chi connectivity index (χ3v) is 2.65. The molecule has 0 N–H and O–H groups in total. The highest BCUT2D eigenvalue weighted by Crippen LogP contribution is 2.38. The maximum absolute atomic E-state index is 13.0. The fourth-order valence-electron chi connectivity index (χ4n) is 1.05. The molecule has 0 rings (SSSR count). The zero-order chi connectivity index (χ0) is 15.5. The van der Waals surface area contributed by atoms with Crippen LogP contribution in [0.5, 0.6) is 0 Å². The third kappa shape index (κ3) is 7.99. The number of thiol groups is 1. The van der Waals surface area contributed by atoms with Crippen LogP contribution >= 0.6 is 12.6 Å². The molecule has 0 aliphatic carbocycles. The van der Waals surface area contributed by atoms with Gasteiger partial charge >= 0.3 is 11.2 Å². The summed E-state index contributed by atoms with van der Waals surface area (Å²) in [6.45, 7) is 7.58. The SMILES string of the molecule is CC(C)(C)OCCC(C)(C)OCC(F)(F)C(F)(F)S. The molecule has 0 unspecified atom stereocenters. The molecule has 0 fully saturated rings. The molecule has 0 aromatic heterocycles. The Balaban J connectivity index is 4.24. The minimum absolute atomic E-state index is 0.291. The Kier molecular flexibility index (Phi) is 6.18. The van der Waals surface area contributed by atoms with Crippen LogP contribution in [0.3, 0.4) is 0 Å². The average Bonchev–Trinajstić information content (AvgIpc) is 2.10. The van der Waals surface area contributed by atoms with Crippen LogP contribution in [0.1, 0.15) is 41.0 Å². The zero-order valence-corrected chi connectivity index (χ0v) is 12.8. The maximum atomic E-state index is 13.0. The van der Waals surface area contributed by atoms with E-state index >= 15 is 0 Å². The second-order valence-corrected chi connectivity index (χ2v) is 6.57. The first-order chi connectivity index (χ1) is 8.16. The third-order valence-electron chi connectivity index (χ3n) is 2.32. The lowest BCUT2D eigenvalue weighted by Gasteiger charge is -2.30. The summed E-state index contributed by atoms with van der Waals surface area (Å²) in [6, 6.07) is 0. The Morgan fingerprint density at radius 2 is 1.37 bits per heavy atom. The van der Waals surface area contributed by atoms with E-state index in [9.17, 15) is 17.6 Å². The van der Waals surface area contributed by atoms with E-state index in [1.165, 1.54) is 0 Å². The highest BCUT2D eigenvalue weighted by Gasteiger charge is 2.54. The predicted molar refractivity (Wildman–Crippen MR) is 69.2 cm³/mol. The summed E-state index contributed by atoms with van der Waals surface area (Å²) in [6.07, 6.45) is 0.318. The molecule has 0 aliphatic heterocycles. The van der Waals surface area contributed by atoms with E-state index in [4.69, 9.17) is 9.47 Å². The smallest absolute Gasteiger partial charge is 0.355 e. The van der Waals surface area contributed by atoms with E-state index in [1.54, 1.807) is 13.8 Å². The van der Waals surface area contributed by atoms with Crippen LogP contribution in [-0.2, 0) is 9.47 Å². The van der Waals surface area contributed by atoms with Gasteiger partial charge in [0.2, 0.25) is 0 Å². The number of ether oxygens (including phenoxy) is 2. The summed E-state index contributed by atoms with van der Waals surface area (Å²) in [7, 11) is 0. The summed E-state index contributed by atoms with van der Waals surface area (Å²) in [4.78, 5) is 0. The van der Waals surface area contributed by atoms with Gasteiger partial charge in [-0.3, -0.25) is 0 Å². The molecule has 2 nitrogen and oxygen atoms in total. The largest absolute Gasteiger partial charge is 0.376 e. The number of rotatable bonds is 7. The fraction of sp³-hybridized carbons (Fsp3) is 1.00. The summed E-state index contributed by atoms with van der Waals surface area (Å²) in [5.41, 5.74) is -1.33. The van der Waals surface area contributed by atoms with Crippen LogP contribution in [0, 0.1) is 0 Å². The molecule has 7 heteroatoms. The summed E-state index contributed by atoms with van der Waals surface area (Å²) in [5.74, 6) is -4.31. The van der Waals surface area contributed by atoms with Crippen molar-refractivity contribution >= 4 is 12.6 Å². The van der Waals surface area contributed by atoms with Crippen molar-refractivity contribution in [2.24, 2.45) is 0 Å². The standard InChI is InChI=1S/C12H22F4O2S/c1-9(2,3)17-7-6-10(4,5)18-8-11(13,14)12(15,16)19/h19H,6-8H2,1-5H3. The van der Waals surface area contributed by atoms with Gasteiger partial charge in [0.05, 0.1) is 11.2 Å². The summed E-state index contributed by atoms with van der Waals surface area (Å²) < 4.78 is 61.3. The molecule has 0 amide bonds. The van der Waals surface area contributed by atoms with Gasteiger partial charge in [-0.25, -0.2) is 0 Å². The van der Waals surface area contributed by atoms with Crippen LogP contribution < -0.4 is 0 Å². The molecule has 0 atom stereocenters. The molecule has 116 valence electrons. The lowest BCUT2D eigenvalue weighted by molar-refractivity contribution is -0.206. The van der Waals surface area contributed by atoms with Gasteiger partial charge in [0.1, 0.15) is 6.61 Å². The van der Waals surface area contributed by atoms with Gasteiger partial charge in [0, 0.05) is 6.61 Å². The minimum Gasteiger partial charge on any atom is -0.376 e. The van der Waals surface area contributed by atoms with Crippen LogP contribution in [0.25, 0.3) is 0 Å². The Hall–Kier alpha value is -0.0100. The Labute approximate surface area is 117 Å². The van der Waals surface area contributed by atoms with Gasteiger partial charge < -0.3 is 9.47 Å². The van der Waals surface area contributed by atoms with Gasteiger partial charge in [0.15, 0.2) is 0 Å². The van der Waals surface area contributed by atoms with E-state index < -0.39 is 23.4 Å². The maximum Gasteiger partial charge on any atom is 0.355 e. The monoisotopic (exact) mass is 306 g/mol. The highest BCUT2D eigenvalue weighted by molar-refractivity contribution is 7.81. The van der Waals surface area contributed by atoms with E-state index in [-0.39, 0.29) is 5.60 Å². The average molecular weight is 306 g/mol. The predicted octanol–water partition coefficient (Wildman–Crippen LogP) is 4.14. The second-order valence-electron chi connectivity index (χ2n) is 6.00. The molecule has 0 aromatic carbocycles. The van der Waals surface area contributed by atoms with E-state index in [1.807, 2.05) is 20.8 Å².